The van der Waals surface area contributed by atoms with Crippen LogP contribution < -0.4 is 5.32 Å². The van der Waals surface area contributed by atoms with Gasteiger partial charge < -0.3 is 5.32 Å². The Morgan fingerprint density at radius 2 is 2.00 bits per heavy atom. The van der Waals surface area contributed by atoms with Crippen molar-refractivity contribution in [3.8, 4) is 0 Å². The summed E-state index contributed by atoms with van der Waals surface area (Å²) >= 11 is 0. The average molecular weight is 248 g/mol. The molecule has 0 fully saturated rings. The second-order valence-electron chi connectivity index (χ2n) is 4.66. The van der Waals surface area contributed by atoms with Gasteiger partial charge >= 0.3 is 0 Å². The van der Waals surface area contributed by atoms with E-state index in [0.717, 1.165) is 30.9 Å². The van der Waals surface area contributed by atoms with E-state index in [1.165, 1.54) is 0 Å². The van der Waals surface area contributed by atoms with Crippen LogP contribution in [0.3, 0.4) is 0 Å². The number of hydrogen-bond acceptors (Lipinski definition) is 4. The van der Waals surface area contributed by atoms with Crippen LogP contribution in [0.5, 0.6) is 0 Å². The molecule has 1 heterocycles. The van der Waals surface area contributed by atoms with Crippen LogP contribution in [-0.4, -0.2) is 42.8 Å². The van der Waals surface area contributed by atoms with Crippen LogP contribution in [0.15, 0.2) is 27.3 Å². The van der Waals surface area contributed by atoms with E-state index < -0.39 is 0 Å². The lowest BCUT2D eigenvalue weighted by molar-refractivity contribution is 0.478. The van der Waals surface area contributed by atoms with Gasteiger partial charge in [-0.2, -0.15) is 0 Å². The van der Waals surface area contributed by atoms with Gasteiger partial charge in [-0.25, -0.2) is 0 Å². The van der Waals surface area contributed by atoms with Crippen LogP contribution in [-0.2, 0) is 0 Å². The van der Waals surface area contributed by atoms with E-state index in [0.29, 0.717) is 6.04 Å². The zero-order valence-corrected chi connectivity index (χ0v) is 11.8. The second kappa shape index (κ2) is 7.93. The van der Waals surface area contributed by atoms with Crippen molar-refractivity contribution in [2.75, 3.05) is 13.1 Å². The van der Waals surface area contributed by atoms with Gasteiger partial charge in [0.1, 0.15) is 0 Å². The predicted octanol–water partition coefficient (Wildman–Crippen LogP) is 2.26. The highest BCUT2D eigenvalue weighted by atomic mass is 15.0. The van der Waals surface area contributed by atoms with E-state index in [-0.39, 0.29) is 6.04 Å². The molecule has 0 spiro atoms. The fraction of sp³-hybridized carbons (Fsp3) is 0.643. The van der Waals surface area contributed by atoms with Crippen LogP contribution in [0, 0.1) is 0 Å². The molecule has 4 heteroatoms. The van der Waals surface area contributed by atoms with Crippen LogP contribution in [0.25, 0.3) is 0 Å². The van der Waals surface area contributed by atoms with E-state index in [1.807, 2.05) is 26.1 Å². The fourth-order valence-corrected chi connectivity index (χ4v) is 1.54. The Morgan fingerprint density at radius 3 is 2.78 bits per heavy atom. The molecule has 0 saturated carbocycles. The van der Waals surface area contributed by atoms with Gasteiger partial charge in [0, 0.05) is 25.0 Å². The summed E-state index contributed by atoms with van der Waals surface area (Å²) in [6.07, 6.45) is 6.50. The van der Waals surface area contributed by atoms with Gasteiger partial charge in [-0.15, -0.1) is 0 Å². The van der Waals surface area contributed by atoms with Crippen LogP contribution >= 0.6 is 0 Å². The lowest BCUT2D eigenvalue weighted by Crippen LogP contribution is -2.35. The minimum absolute atomic E-state index is 0.271. The summed E-state index contributed by atoms with van der Waals surface area (Å²) in [5, 5.41) is 3.47. The van der Waals surface area contributed by atoms with E-state index >= 15 is 0 Å². The third-order valence-corrected chi connectivity index (χ3v) is 3.16. The summed E-state index contributed by atoms with van der Waals surface area (Å²) in [4.78, 5) is 13.3. The molecule has 18 heavy (non-hydrogen) atoms. The van der Waals surface area contributed by atoms with Crippen molar-refractivity contribution >= 4 is 17.6 Å². The lowest BCUT2D eigenvalue weighted by atomic mass is 10.2. The maximum absolute atomic E-state index is 4.52. The molecule has 0 radical (unpaired) electrons. The van der Waals surface area contributed by atoms with Crippen molar-refractivity contribution in [2.24, 2.45) is 15.0 Å². The largest absolute Gasteiger partial charge is 0.312 e. The van der Waals surface area contributed by atoms with Gasteiger partial charge in [-0.3, -0.25) is 15.0 Å². The maximum atomic E-state index is 4.52. The topological polar surface area (TPSA) is 49.1 Å². The van der Waals surface area contributed by atoms with Crippen LogP contribution in [0.1, 0.15) is 34.1 Å². The fourth-order valence-electron chi connectivity index (χ4n) is 1.54. The Morgan fingerprint density at radius 1 is 1.22 bits per heavy atom. The minimum Gasteiger partial charge on any atom is -0.312 e. The molecule has 0 saturated heterocycles. The summed E-state index contributed by atoms with van der Waals surface area (Å²) in [6.45, 7) is 10.1. The van der Waals surface area contributed by atoms with Crippen molar-refractivity contribution < 1.29 is 0 Å². The molecular weight excluding hydrogens is 224 g/mol. The number of aliphatic imine (C=N–C) groups is 3. The molecule has 0 aliphatic carbocycles. The summed E-state index contributed by atoms with van der Waals surface area (Å²) in [5.74, 6) is 0. The SMILES string of the molecule is CC1=N/C=C\C=NC(C)C(C)NCCCN=C1C. The van der Waals surface area contributed by atoms with Gasteiger partial charge in [-0.05, 0) is 46.7 Å². The average Bonchev–Trinajstić information content (AvgIpc) is 2.35. The molecule has 0 aromatic carbocycles. The molecule has 4 nitrogen and oxygen atoms in total. The van der Waals surface area contributed by atoms with E-state index in [4.69, 9.17) is 0 Å². The Balaban J connectivity index is 2.76. The standard InChI is InChI=1S/C14H24N4/c1-11-12(2)16-8-6-10-18-14(4)13(3)17-9-5-7-15-11/h5,7,9,11-12,16H,6,8,10H2,1-4H3/b9-5-,15-7?,17-13?,18-14?. The smallest absolute Gasteiger partial charge is 0.0621 e. The predicted molar refractivity (Wildman–Crippen MR) is 80.3 cm³/mol. The van der Waals surface area contributed by atoms with Gasteiger partial charge in [0.15, 0.2) is 0 Å². The summed E-state index contributed by atoms with van der Waals surface area (Å²) in [6, 6.07) is 0.654. The third-order valence-electron chi connectivity index (χ3n) is 3.16. The van der Waals surface area contributed by atoms with Gasteiger partial charge in [0.05, 0.1) is 17.5 Å². The zero-order chi connectivity index (χ0) is 13.4. The molecular formula is C14H24N4. The molecule has 1 aliphatic heterocycles. The molecule has 1 rings (SSSR count). The highest BCUT2D eigenvalue weighted by molar-refractivity contribution is 6.40. The van der Waals surface area contributed by atoms with E-state index in [2.05, 4.69) is 34.1 Å². The van der Waals surface area contributed by atoms with Crippen molar-refractivity contribution in [2.45, 2.75) is 46.2 Å². The lowest BCUT2D eigenvalue weighted by Gasteiger charge is -2.17. The molecule has 0 aromatic rings. The number of hydrogen-bond donors (Lipinski definition) is 1. The molecule has 0 aromatic heterocycles. The summed E-state index contributed by atoms with van der Waals surface area (Å²) in [5.41, 5.74) is 1.97. The molecule has 100 valence electrons. The highest BCUT2D eigenvalue weighted by Crippen LogP contribution is 1.98. The van der Waals surface area contributed by atoms with Crippen molar-refractivity contribution in [1.82, 2.24) is 5.32 Å². The molecule has 0 amide bonds. The molecule has 1 aliphatic rings. The number of rotatable bonds is 0. The molecule has 1 N–H and O–H groups in total. The summed E-state index contributed by atoms with van der Waals surface area (Å²) in [7, 11) is 0. The summed E-state index contributed by atoms with van der Waals surface area (Å²) < 4.78 is 0. The first-order valence-electron chi connectivity index (χ1n) is 6.58. The van der Waals surface area contributed by atoms with Crippen LogP contribution in [0.2, 0.25) is 0 Å². The van der Waals surface area contributed by atoms with Crippen molar-refractivity contribution in [3.05, 3.63) is 12.3 Å². The van der Waals surface area contributed by atoms with E-state index in [9.17, 15) is 0 Å². The second-order valence-corrected chi connectivity index (χ2v) is 4.66. The first kappa shape index (κ1) is 14.8. The van der Waals surface area contributed by atoms with Crippen molar-refractivity contribution in [3.63, 3.8) is 0 Å². The Kier molecular flexibility index (Phi) is 6.50. The van der Waals surface area contributed by atoms with Crippen molar-refractivity contribution in [1.29, 1.82) is 0 Å². The van der Waals surface area contributed by atoms with Gasteiger partial charge in [0.2, 0.25) is 0 Å². The normalized spacial score (nSPS) is 29.1. The minimum atomic E-state index is 0.271. The third kappa shape index (κ3) is 5.36. The quantitative estimate of drug-likeness (QED) is 0.702. The van der Waals surface area contributed by atoms with Gasteiger partial charge in [-0.1, -0.05) is 0 Å². The molecule has 2 unspecified atom stereocenters. The number of nitrogens with zero attached hydrogens (tertiary/aromatic N) is 3. The first-order valence-corrected chi connectivity index (χ1v) is 6.58. The Labute approximate surface area is 110 Å². The molecule has 0 bridgehead atoms. The monoisotopic (exact) mass is 248 g/mol. The Hall–Kier alpha value is -1.29. The highest BCUT2D eigenvalue weighted by Gasteiger charge is 2.08. The zero-order valence-electron chi connectivity index (χ0n) is 11.8. The van der Waals surface area contributed by atoms with E-state index in [1.54, 1.807) is 6.20 Å². The number of allylic oxidation sites excluding steroid dienone is 1. The maximum Gasteiger partial charge on any atom is 0.0621 e. The Bertz CT molecular complexity index is 366. The number of nitrogens with one attached hydrogen (secondary N) is 1. The first-order chi connectivity index (χ1) is 8.61. The van der Waals surface area contributed by atoms with Crippen LogP contribution in [0.4, 0.5) is 0 Å². The molecule has 2 atom stereocenters. The van der Waals surface area contributed by atoms with Gasteiger partial charge in [0.25, 0.3) is 0 Å².